The number of fused-ring (bicyclic) bond motifs is 5. The number of allylic oxidation sites excluding steroid dienone is 1. The van der Waals surface area contributed by atoms with Crippen LogP contribution in [0.4, 0.5) is 4.79 Å². The highest BCUT2D eigenvalue weighted by Gasteiger charge is 2.52. The first-order valence-electron chi connectivity index (χ1n) is 4.46. The molecule has 4 atom stereocenters. The zero-order valence-corrected chi connectivity index (χ0v) is 6.90. The first-order valence-corrected chi connectivity index (χ1v) is 4.46. The van der Waals surface area contributed by atoms with Gasteiger partial charge >= 0.3 is 12.1 Å². The van der Waals surface area contributed by atoms with Gasteiger partial charge in [-0.25, -0.2) is 4.79 Å². The fourth-order valence-electron chi connectivity index (χ4n) is 2.67. The number of hydrogen-bond donors (Lipinski definition) is 1. The minimum absolute atomic E-state index is 0.0104. The van der Waals surface area contributed by atoms with Crippen LogP contribution in [-0.4, -0.2) is 18.1 Å². The van der Waals surface area contributed by atoms with Crippen LogP contribution in [0, 0.1) is 17.8 Å². The minimum atomic E-state index is -0.591. The molecule has 4 heteroatoms. The molecule has 1 amide bonds. The minimum Gasteiger partial charge on any atom is -0.376 e. The third-order valence-electron chi connectivity index (χ3n) is 3.21. The van der Waals surface area contributed by atoms with Crippen molar-refractivity contribution >= 4 is 12.1 Å². The molecule has 0 spiro atoms. The van der Waals surface area contributed by atoms with Crippen molar-refractivity contribution in [3.63, 3.8) is 0 Å². The molecular formula is C9H9NO3. The van der Waals surface area contributed by atoms with Gasteiger partial charge in [-0.3, -0.25) is 4.79 Å². The summed E-state index contributed by atoms with van der Waals surface area (Å²) in [5.74, 6) is 0.133. The van der Waals surface area contributed by atoms with Gasteiger partial charge in [-0.1, -0.05) is 12.2 Å². The molecule has 3 aliphatic rings. The molecular weight excluding hydrogens is 170 g/mol. The predicted octanol–water partition coefficient (Wildman–Crippen LogP) is 0.444. The van der Waals surface area contributed by atoms with Crippen molar-refractivity contribution < 1.29 is 14.3 Å². The highest BCUT2D eigenvalue weighted by molar-refractivity contribution is 5.90. The first-order chi connectivity index (χ1) is 6.25. The van der Waals surface area contributed by atoms with E-state index in [0.29, 0.717) is 5.92 Å². The van der Waals surface area contributed by atoms with Crippen molar-refractivity contribution in [1.29, 1.82) is 0 Å². The highest BCUT2D eigenvalue weighted by Crippen LogP contribution is 2.45. The largest absolute Gasteiger partial charge is 0.415 e. The van der Waals surface area contributed by atoms with Crippen LogP contribution in [0.1, 0.15) is 6.42 Å². The number of esters is 1. The van der Waals surface area contributed by atoms with E-state index in [1.54, 1.807) is 0 Å². The fourth-order valence-corrected chi connectivity index (χ4v) is 2.67. The Morgan fingerprint density at radius 2 is 2.08 bits per heavy atom. The molecule has 0 aromatic heterocycles. The van der Waals surface area contributed by atoms with Gasteiger partial charge in [0, 0.05) is 0 Å². The molecule has 2 aliphatic carbocycles. The summed E-state index contributed by atoms with van der Waals surface area (Å²) in [6.07, 6.45) is 4.53. The molecule has 4 nitrogen and oxygen atoms in total. The molecule has 2 fully saturated rings. The predicted molar refractivity (Wildman–Crippen MR) is 42.6 cm³/mol. The number of carbonyl (C=O) groups excluding carboxylic acids is 2. The second-order valence-electron chi connectivity index (χ2n) is 3.85. The van der Waals surface area contributed by atoms with E-state index in [1.807, 2.05) is 0 Å². The average Bonchev–Trinajstić information content (AvgIpc) is 2.62. The Hall–Kier alpha value is -1.32. The van der Waals surface area contributed by atoms with Crippen molar-refractivity contribution in [2.24, 2.45) is 17.8 Å². The summed E-state index contributed by atoms with van der Waals surface area (Å²) < 4.78 is 4.53. The lowest BCUT2D eigenvalue weighted by Gasteiger charge is -2.30. The van der Waals surface area contributed by atoms with Crippen LogP contribution in [0.3, 0.4) is 0 Å². The Kier molecular flexibility index (Phi) is 1.17. The summed E-state index contributed by atoms with van der Waals surface area (Å²) >= 11 is 0. The van der Waals surface area contributed by atoms with E-state index in [1.165, 1.54) is 0 Å². The van der Waals surface area contributed by atoms with E-state index in [4.69, 9.17) is 0 Å². The maximum Gasteiger partial charge on any atom is 0.415 e. The van der Waals surface area contributed by atoms with Gasteiger partial charge in [0.1, 0.15) is 0 Å². The van der Waals surface area contributed by atoms with Gasteiger partial charge in [-0.05, 0) is 18.3 Å². The molecule has 0 unspecified atom stereocenters. The lowest BCUT2D eigenvalue weighted by molar-refractivity contribution is -0.146. The van der Waals surface area contributed by atoms with Crippen LogP contribution < -0.4 is 5.32 Å². The van der Waals surface area contributed by atoms with E-state index in [9.17, 15) is 9.59 Å². The summed E-state index contributed by atoms with van der Waals surface area (Å²) in [7, 11) is 0. The summed E-state index contributed by atoms with van der Waals surface area (Å²) in [5.41, 5.74) is 0. The molecule has 3 rings (SSSR count). The highest BCUT2D eigenvalue weighted by atomic mass is 16.6. The van der Waals surface area contributed by atoms with Gasteiger partial charge in [0.2, 0.25) is 0 Å². The summed E-state index contributed by atoms with van der Waals surface area (Å²) in [6, 6.07) is -0.0104. The molecule has 1 saturated heterocycles. The van der Waals surface area contributed by atoms with Gasteiger partial charge in [0.05, 0.1) is 12.0 Å². The Labute approximate surface area is 74.9 Å². The van der Waals surface area contributed by atoms with Gasteiger partial charge < -0.3 is 10.1 Å². The van der Waals surface area contributed by atoms with Gasteiger partial charge in [-0.2, -0.15) is 0 Å². The Bertz CT molecular complexity index is 323. The lowest BCUT2D eigenvalue weighted by Crippen LogP contribution is -2.52. The summed E-state index contributed by atoms with van der Waals surface area (Å²) in [5, 5.41) is 2.71. The van der Waals surface area contributed by atoms with E-state index in [0.717, 1.165) is 6.42 Å². The number of rotatable bonds is 0. The van der Waals surface area contributed by atoms with E-state index in [-0.39, 0.29) is 23.8 Å². The number of amides is 1. The molecule has 2 bridgehead atoms. The van der Waals surface area contributed by atoms with Crippen LogP contribution in [0.2, 0.25) is 0 Å². The van der Waals surface area contributed by atoms with Crippen molar-refractivity contribution in [2.45, 2.75) is 12.5 Å². The quantitative estimate of drug-likeness (QED) is 0.333. The molecule has 1 aliphatic heterocycles. The van der Waals surface area contributed by atoms with Crippen molar-refractivity contribution in [1.82, 2.24) is 5.32 Å². The van der Waals surface area contributed by atoms with Crippen molar-refractivity contribution in [3.05, 3.63) is 12.2 Å². The Morgan fingerprint density at radius 1 is 1.31 bits per heavy atom. The SMILES string of the molecule is O=C1N[C@H]2[C@@H](C(=O)O1)[C@@H]1C=C[C@H]2C1. The molecule has 0 aromatic rings. The summed E-state index contributed by atoms with van der Waals surface area (Å²) in [6.45, 7) is 0. The van der Waals surface area contributed by atoms with Gasteiger partial charge in [-0.15, -0.1) is 0 Å². The molecule has 1 saturated carbocycles. The number of cyclic esters (lactones) is 2. The molecule has 0 aromatic carbocycles. The topological polar surface area (TPSA) is 55.4 Å². The van der Waals surface area contributed by atoms with Crippen LogP contribution >= 0.6 is 0 Å². The van der Waals surface area contributed by atoms with Crippen LogP contribution in [-0.2, 0) is 9.53 Å². The van der Waals surface area contributed by atoms with Crippen LogP contribution in [0.25, 0.3) is 0 Å². The van der Waals surface area contributed by atoms with Crippen LogP contribution in [0.5, 0.6) is 0 Å². The Balaban J connectivity index is 1.98. The molecule has 13 heavy (non-hydrogen) atoms. The standard InChI is InChI=1S/C9H9NO3/c11-8-6-4-1-2-5(3-4)7(6)10-9(12)13-8/h1-2,4-7H,3H2,(H,10,12)/t4-,5+,6+,7-/m1/s1. The van der Waals surface area contributed by atoms with Gasteiger partial charge in [0.15, 0.2) is 0 Å². The molecule has 1 N–H and O–H groups in total. The fraction of sp³-hybridized carbons (Fsp3) is 0.556. The van der Waals surface area contributed by atoms with E-state index < -0.39 is 6.09 Å². The monoisotopic (exact) mass is 179 g/mol. The third kappa shape index (κ3) is 0.802. The second-order valence-corrected chi connectivity index (χ2v) is 3.85. The number of hydrogen-bond acceptors (Lipinski definition) is 3. The summed E-state index contributed by atoms with van der Waals surface area (Å²) in [4.78, 5) is 22.3. The van der Waals surface area contributed by atoms with E-state index in [2.05, 4.69) is 22.2 Å². The zero-order chi connectivity index (χ0) is 9.00. The van der Waals surface area contributed by atoms with Crippen LogP contribution in [0.15, 0.2) is 12.2 Å². The Morgan fingerprint density at radius 3 is 2.92 bits per heavy atom. The normalized spacial score (nSPS) is 45.8. The van der Waals surface area contributed by atoms with Gasteiger partial charge in [0.25, 0.3) is 0 Å². The van der Waals surface area contributed by atoms with Crippen molar-refractivity contribution in [2.75, 3.05) is 0 Å². The second kappa shape index (κ2) is 2.13. The zero-order valence-electron chi connectivity index (χ0n) is 6.90. The van der Waals surface area contributed by atoms with E-state index >= 15 is 0 Å². The molecule has 68 valence electrons. The number of carbonyl (C=O) groups is 2. The number of alkyl carbamates (subject to hydrolysis) is 1. The molecule has 0 radical (unpaired) electrons. The number of ether oxygens (including phenoxy) is 1. The lowest BCUT2D eigenvalue weighted by atomic mass is 9.88. The average molecular weight is 179 g/mol. The first kappa shape index (κ1) is 7.12. The van der Waals surface area contributed by atoms with Crippen molar-refractivity contribution in [3.8, 4) is 0 Å². The smallest absolute Gasteiger partial charge is 0.376 e. The molecule has 1 heterocycles. The number of nitrogens with one attached hydrogen (secondary N) is 1. The maximum atomic E-state index is 11.4. The maximum absolute atomic E-state index is 11.4. The third-order valence-corrected chi connectivity index (χ3v) is 3.21.